The summed E-state index contributed by atoms with van der Waals surface area (Å²) in [5.41, 5.74) is 2.77. The number of piperidine rings is 1. The number of anilines is 1. The molecule has 1 amide bonds. The lowest BCUT2D eigenvalue weighted by Crippen LogP contribution is -2.49. The zero-order valence-electron chi connectivity index (χ0n) is 18.9. The van der Waals surface area contributed by atoms with Crippen molar-refractivity contribution in [2.45, 2.75) is 37.8 Å². The Morgan fingerprint density at radius 1 is 1.09 bits per heavy atom. The smallest absolute Gasteiger partial charge is 0.325 e. The van der Waals surface area contributed by atoms with E-state index in [1.54, 1.807) is 36.5 Å². The summed E-state index contributed by atoms with van der Waals surface area (Å²) in [5.74, 6) is -2.10. The number of aliphatic carboxylic acids is 2. The van der Waals surface area contributed by atoms with Gasteiger partial charge in [0.25, 0.3) is 5.56 Å². The Morgan fingerprint density at radius 2 is 1.91 bits per heavy atom. The number of hydrogen-bond acceptors (Lipinski definition) is 5. The SMILES string of the molecule is O=C(O)CCC(=O)Nc1ccc2c([C@@H](C(=O)O)N3C[C@@H]4C[C@@H](C3)c3cccc(=O)n3C4)c[nH]c2c1. The second kappa shape index (κ2) is 9.03. The molecule has 0 aliphatic carbocycles. The predicted octanol–water partition coefficient (Wildman–Crippen LogP) is 2.38. The molecule has 2 bridgehead atoms. The summed E-state index contributed by atoms with van der Waals surface area (Å²) >= 11 is 0. The topological polar surface area (TPSA) is 145 Å². The van der Waals surface area contributed by atoms with Gasteiger partial charge in [0.15, 0.2) is 0 Å². The maximum absolute atomic E-state index is 12.5. The van der Waals surface area contributed by atoms with E-state index in [-0.39, 0.29) is 30.2 Å². The van der Waals surface area contributed by atoms with Crippen molar-refractivity contribution in [3.8, 4) is 0 Å². The highest BCUT2D eigenvalue weighted by Gasteiger charge is 2.40. The Balaban J connectivity index is 1.40. The first-order valence-electron chi connectivity index (χ1n) is 11.6. The average molecular weight is 479 g/mol. The fourth-order valence-corrected chi connectivity index (χ4v) is 5.53. The van der Waals surface area contributed by atoms with E-state index < -0.39 is 23.9 Å². The number of benzene rings is 1. The van der Waals surface area contributed by atoms with Crippen LogP contribution in [0.1, 0.15) is 42.5 Å². The molecule has 1 fully saturated rings. The minimum Gasteiger partial charge on any atom is -0.481 e. The number of nitrogens with zero attached hydrogens (tertiary/aromatic N) is 2. The van der Waals surface area contributed by atoms with E-state index in [9.17, 15) is 24.3 Å². The summed E-state index contributed by atoms with van der Waals surface area (Å²) in [5, 5.41) is 22.4. The lowest BCUT2D eigenvalue weighted by Gasteiger charge is -2.44. The van der Waals surface area contributed by atoms with Crippen LogP contribution in [0.4, 0.5) is 5.69 Å². The van der Waals surface area contributed by atoms with E-state index in [2.05, 4.69) is 10.3 Å². The number of likely N-dealkylation sites (tertiary alicyclic amines) is 1. The van der Waals surface area contributed by atoms with Gasteiger partial charge in [-0.05, 0) is 30.5 Å². The highest BCUT2D eigenvalue weighted by molar-refractivity contribution is 5.96. The molecule has 35 heavy (non-hydrogen) atoms. The van der Waals surface area contributed by atoms with Crippen LogP contribution in [0.25, 0.3) is 10.9 Å². The van der Waals surface area contributed by atoms with E-state index >= 15 is 0 Å². The number of carboxylic acids is 2. The molecule has 4 N–H and O–H groups in total. The van der Waals surface area contributed by atoms with Crippen molar-refractivity contribution >= 4 is 34.4 Å². The third kappa shape index (κ3) is 4.44. The van der Waals surface area contributed by atoms with Crippen molar-refractivity contribution in [2.75, 3.05) is 18.4 Å². The molecule has 1 saturated heterocycles. The number of nitrogens with one attached hydrogen (secondary N) is 2. The van der Waals surface area contributed by atoms with Gasteiger partial charge in [0.2, 0.25) is 5.91 Å². The third-order valence-corrected chi connectivity index (χ3v) is 6.97. The Bertz CT molecular complexity index is 1380. The van der Waals surface area contributed by atoms with Crippen LogP contribution in [-0.4, -0.2) is 55.6 Å². The Morgan fingerprint density at radius 3 is 2.69 bits per heavy atom. The van der Waals surface area contributed by atoms with Crippen LogP contribution in [-0.2, 0) is 20.9 Å². The molecule has 2 aromatic heterocycles. The van der Waals surface area contributed by atoms with Crippen LogP contribution in [0, 0.1) is 5.92 Å². The zero-order valence-corrected chi connectivity index (χ0v) is 18.9. The molecule has 2 aliphatic rings. The first kappa shape index (κ1) is 22.9. The maximum Gasteiger partial charge on any atom is 0.325 e. The summed E-state index contributed by atoms with van der Waals surface area (Å²) in [6.45, 7) is 1.72. The molecule has 10 heteroatoms. The normalized spacial score (nSPS) is 20.2. The van der Waals surface area contributed by atoms with Crippen LogP contribution in [0.3, 0.4) is 0 Å². The third-order valence-electron chi connectivity index (χ3n) is 6.97. The molecule has 0 spiro atoms. The second-order valence-corrected chi connectivity index (χ2v) is 9.34. The molecule has 182 valence electrons. The lowest BCUT2D eigenvalue weighted by atomic mass is 9.82. The number of hydrogen-bond donors (Lipinski definition) is 4. The molecule has 3 atom stereocenters. The highest BCUT2D eigenvalue weighted by atomic mass is 16.4. The van der Waals surface area contributed by atoms with Gasteiger partial charge in [0.05, 0.1) is 6.42 Å². The van der Waals surface area contributed by atoms with Crippen molar-refractivity contribution < 1.29 is 24.6 Å². The molecular weight excluding hydrogens is 452 g/mol. The summed E-state index contributed by atoms with van der Waals surface area (Å²) in [4.78, 5) is 52.6. The highest BCUT2D eigenvalue weighted by Crippen LogP contribution is 2.39. The monoisotopic (exact) mass is 478 g/mol. The molecule has 5 rings (SSSR count). The number of H-pyrrole nitrogens is 1. The minimum absolute atomic E-state index is 0.0112. The largest absolute Gasteiger partial charge is 0.481 e. The van der Waals surface area contributed by atoms with Gasteiger partial charge in [-0.3, -0.25) is 24.1 Å². The van der Waals surface area contributed by atoms with Gasteiger partial charge >= 0.3 is 11.9 Å². The van der Waals surface area contributed by atoms with Crippen LogP contribution >= 0.6 is 0 Å². The van der Waals surface area contributed by atoms with Crippen LogP contribution < -0.4 is 10.9 Å². The molecule has 10 nitrogen and oxygen atoms in total. The van der Waals surface area contributed by atoms with Gasteiger partial charge in [0.1, 0.15) is 6.04 Å². The number of amides is 1. The lowest BCUT2D eigenvalue weighted by molar-refractivity contribution is -0.145. The van der Waals surface area contributed by atoms with Gasteiger partial charge < -0.3 is 25.1 Å². The molecule has 0 saturated carbocycles. The summed E-state index contributed by atoms with van der Waals surface area (Å²) in [6, 6.07) is 9.60. The zero-order chi connectivity index (χ0) is 24.7. The Labute approximate surface area is 200 Å². The number of rotatable bonds is 7. The number of fused-ring (bicyclic) bond motifs is 5. The molecule has 4 heterocycles. The van der Waals surface area contributed by atoms with Crippen molar-refractivity contribution in [1.29, 1.82) is 0 Å². The minimum atomic E-state index is -1.04. The van der Waals surface area contributed by atoms with E-state index in [0.29, 0.717) is 36.4 Å². The van der Waals surface area contributed by atoms with Crippen molar-refractivity contribution in [1.82, 2.24) is 14.5 Å². The van der Waals surface area contributed by atoms with Crippen LogP contribution in [0.2, 0.25) is 0 Å². The second-order valence-electron chi connectivity index (χ2n) is 9.34. The number of pyridine rings is 1. The molecule has 0 radical (unpaired) electrons. The number of aromatic nitrogens is 2. The first-order chi connectivity index (χ1) is 16.8. The number of carbonyl (C=O) groups is 3. The molecule has 3 aromatic rings. The van der Waals surface area contributed by atoms with Gasteiger partial charge in [-0.15, -0.1) is 0 Å². The average Bonchev–Trinajstić information content (AvgIpc) is 3.21. The van der Waals surface area contributed by atoms with E-state index in [1.165, 1.54) is 0 Å². The molecule has 2 aliphatic heterocycles. The van der Waals surface area contributed by atoms with Crippen molar-refractivity contribution in [3.63, 3.8) is 0 Å². The summed E-state index contributed by atoms with van der Waals surface area (Å²) < 4.78 is 1.82. The van der Waals surface area contributed by atoms with Gasteiger partial charge in [-0.2, -0.15) is 0 Å². The maximum atomic E-state index is 12.5. The predicted molar refractivity (Wildman–Crippen MR) is 127 cm³/mol. The fourth-order valence-electron chi connectivity index (χ4n) is 5.53. The van der Waals surface area contributed by atoms with Crippen LogP contribution in [0.5, 0.6) is 0 Å². The Hall–Kier alpha value is -3.92. The van der Waals surface area contributed by atoms with Crippen LogP contribution in [0.15, 0.2) is 47.4 Å². The Kier molecular flexibility index (Phi) is 5.89. The van der Waals surface area contributed by atoms with Gasteiger partial charge in [-0.25, -0.2) is 0 Å². The molecular formula is C25H26N4O6. The first-order valence-corrected chi connectivity index (χ1v) is 11.6. The standard InChI is InChI=1S/C25H26N4O6/c30-21(6-7-23(32)33)27-16-4-5-17-18(10-26-19(17)9-16)24(25(34)35)28-11-14-8-15(13-28)20-2-1-3-22(31)29(20)12-14/h1-5,9-10,14-15,24,26H,6-8,11-13H2,(H,27,30)(H,32,33)(H,34,35)/t14-,15-,24-/m0/s1. The summed E-state index contributed by atoms with van der Waals surface area (Å²) in [7, 11) is 0. The van der Waals surface area contributed by atoms with E-state index in [1.807, 2.05) is 15.5 Å². The van der Waals surface area contributed by atoms with Crippen molar-refractivity contribution in [2.24, 2.45) is 5.92 Å². The van der Waals surface area contributed by atoms with Gasteiger partial charge in [0, 0.05) is 72.1 Å². The van der Waals surface area contributed by atoms with E-state index in [0.717, 1.165) is 17.5 Å². The van der Waals surface area contributed by atoms with Gasteiger partial charge in [-0.1, -0.05) is 12.1 Å². The molecule has 0 unspecified atom stereocenters. The molecule has 1 aromatic carbocycles. The number of aromatic amines is 1. The fraction of sp³-hybridized carbons (Fsp3) is 0.360. The van der Waals surface area contributed by atoms with E-state index in [4.69, 9.17) is 5.11 Å². The number of carbonyl (C=O) groups excluding carboxylic acids is 1. The summed E-state index contributed by atoms with van der Waals surface area (Å²) in [6.07, 6.45) is 2.25. The quantitative estimate of drug-likeness (QED) is 0.408. The van der Waals surface area contributed by atoms with Crippen molar-refractivity contribution in [3.05, 3.63) is 64.2 Å². The number of carboxylic acid groups (broad SMARTS) is 2.